The maximum Gasteiger partial charge on any atom is 0.229 e. The third kappa shape index (κ3) is 5.83. The van der Waals surface area contributed by atoms with Crippen LogP contribution in [-0.2, 0) is 16.2 Å². The van der Waals surface area contributed by atoms with Gasteiger partial charge >= 0.3 is 0 Å². The Morgan fingerprint density at radius 2 is 1.76 bits per heavy atom. The lowest BCUT2D eigenvalue weighted by Crippen LogP contribution is -2.47. The van der Waals surface area contributed by atoms with Crippen molar-refractivity contribution in [3.05, 3.63) is 60.2 Å². The summed E-state index contributed by atoms with van der Waals surface area (Å²) in [6.07, 6.45) is 1.66. The molecule has 0 aromatic heterocycles. The highest BCUT2D eigenvalue weighted by Crippen LogP contribution is 2.25. The molecule has 2 amide bonds. The van der Waals surface area contributed by atoms with Crippen molar-refractivity contribution in [3.63, 3.8) is 0 Å². The van der Waals surface area contributed by atoms with Gasteiger partial charge in [0.25, 0.3) is 0 Å². The molecule has 5 nitrogen and oxygen atoms in total. The number of piperidine rings is 1. The van der Waals surface area contributed by atoms with Crippen molar-refractivity contribution in [2.75, 3.05) is 18.4 Å². The molecule has 29 heavy (non-hydrogen) atoms. The van der Waals surface area contributed by atoms with E-state index in [1.165, 1.54) is 0 Å². The second-order valence-corrected chi connectivity index (χ2v) is 8.63. The Morgan fingerprint density at radius 1 is 1.07 bits per heavy atom. The summed E-state index contributed by atoms with van der Waals surface area (Å²) >= 11 is 0. The quantitative estimate of drug-likeness (QED) is 0.813. The first-order valence-corrected chi connectivity index (χ1v) is 10.2. The summed E-state index contributed by atoms with van der Waals surface area (Å²) in [5.74, 6) is 0.653. The van der Waals surface area contributed by atoms with Gasteiger partial charge in [-0.15, -0.1) is 0 Å². The zero-order valence-corrected chi connectivity index (χ0v) is 17.5. The van der Waals surface area contributed by atoms with Crippen LogP contribution >= 0.6 is 0 Å². The molecule has 154 valence electrons. The molecule has 0 saturated carbocycles. The minimum Gasteiger partial charge on any atom is -0.489 e. The summed E-state index contributed by atoms with van der Waals surface area (Å²) < 4.78 is 5.78. The molecule has 5 heteroatoms. The van der Waals surface area contributed by atoms with Crippen LogP contribution in [0.1, 0.15) is 39.2 Å². The van der Waals surface area contributed by atoms with Crippen LogP contribution in [0, 0.1) is 11.3 Å². The van der Waals surface area contributed by atoms with Crippen LogP contribution < -0.4 is 10.1 Å². The summed E-state index contributed by atoms with van der Waals surface area (Å²) in [7, 11) is 0. The van der Waals surface area contributed by atoms with Crippen molar-refractivity contribution in [1.29, 1.82) is 0 Å². The van der Waals surface area contributed by atoms with Crippen molar-refractivity contribution in [2.45, 2.75) is 40.2 Å². The van der Waals surface area contributed by atoms with Crippen molar-refractivity contribution in [3.8, 4) is 5.75 Å². The average Bonchev–Trinajstić information content (AvgIpc) is 2.73. The second-order valence-electron chi connectivity index (χ2n) is 8.63. The Hall–Kier alpha value is -2.82. The van der Waals surface area contributed by atoms with E-state index in [2.05, 4.69) is 5.32 Å². The zero-order chi connectivity index (χ0) is 20.9. The average molecular weight is 395 g/mol. The largest absolute Gasteiger partial charge is 0.489 e. The van der Waals surface area contributed by atoms with Gasteiger partial charge in [0.2, 0.25) is 11.8 Å². The number of amides is 2. The van der Waals surface area contributed by atoms with Crippen LogP contribution in [0.15, 0.2) is 54.6 Å². The number of nitrogens with one attached hydrogen (secondary N) is 1. The van der Waals surface area contributed by atoms with Crippen LogP contribution in [0.4, 0.5) is 5.69 Å². The molecule has 0 spiro atoms. The van der Waals surface area contributed by atoms with Gasteiger partial charge in [-0.1, -0.05) is 51.1 Å². The Balaban J connectivity index is 1.53. The standard InChI is InChI=1S/C24H30N2O3/c1-24(2,3)23(28)26-15-7-10-19(16-26)22(27)25-20-11-13-21(14-12-20)29-17-18-8-5-4-6-9-18/h4-6,8-9,11-14,19H,7,10,15-17H2,1-3H3,(H,25,27). The summed E-state index contributed by atoms with van der Waals surface area (Å²) in [5, 5.41) is 2.98. The normalized spacial score (nSPS) is 16.9. The van der Waals surface area contributed by atoms with Gasteiger partial charge in [-0.3, -0.25) is 9.59 Å². The number of carbonyl (C=O) groups is 2. The maximum atomic E-state index is 12.7. The number of anilines is 1. The molecule has 0 aliphatic carbocycles. The highest BCUT2D eigenvalue weighted by Gasteiger charge is 2.33. The molecule has 1 unspecified atom stereocenters. The highest BCUT2D eigenvalue weighted by atomic mass is 16.5. The van der Waals surface area contributed by atoms with E-state index in [0.29, 0.717) is 13.2 Å². The zero-order valence-electron chi connectivity index (χ0n) is 17.5. The van der Waals surface area contributed by atoms with E-state index in [4.69, 9.17) is 4.74 Å². The first kappa shape index (κ1) is 20.9. The Labute approximate surface area is 173 Å². The molecular formula is C24H30N2O3. The Kier molecular flexibility index (Phi) is 6.57. The smallest absolute Gasteiger partial charge is 0.229 e. The van der Waals surface area contributed by atoms with E-state index in [9.17, 15) is 9.59 Å². The lowest BCUT2D eigenvalue weighted by atomic mass is 9.91. The number of hydrogen-bond acceptors (Lipinski definition) is 3. The second kappa shape index (κ2) is 9.12. The number of carbonyl (C=O) groups excluding carboxylic acids is 2. The molecule has 1 saturated heterocycles. The predicted octanol–water partition coefficient (Wildman–Crippen LogP) is 4.49. The van der Waals surface area contributed by atoms with E-state index in [-0.39, 0.29) is 17.7 Å². The predicted molar refractivity (Wildman–Crippen MR) is 115 cm³/mol. The summed E-state index contributed by atoms with van der Waals surface area (Å²) in [6.45, 7) is 7.47. The first-order valence-electron chi connectivity index (χ1n) is 10.2. The number of benzene rings is 2. The van der Waals surface area contributed by atoms with Crippen LogP contribution in [0.3, 0.4) is 0 Å². The monoisotopic (exact) mass is 394 g/mol. The molecule has 1 aliphatic rings. The van der Waals surface area contributed by atoms with Gasteiger partial charge in [0.1, 0.15) is 12.4 Å². The van der Waals surface area contributed by atoms with Crippen molar-refractivity contribution in [2.24, 2.45) is 11.3 Å². The molecule has 0 bridgehead atoms. The van der Waals surface area contributed by atoms with E-state index in [1.807, 2.05) is 80.3 Å². The van der Waals surface area contributed by atoms with Gasteiger partial charge in [0, 0.05) is 24.2 Å². The fourth-order valence-electron chi connectivity index (χ4n) is 3.47. The molecule has 1 N–H and O–H groups in total. The molecule has 1 fully saturated rings. The van der Waals surface area contributed by atoms with Crippen LogP contribution in [0.25, 0.3) is 0 Å². The van der Waals surface area contributed by atoms with Gasteiger partial charge in [-0.25, -0.2) is 0 Å². The van der Waals surface area contributed by atoms with E-state index < -0.39 is 5.41 Å². The van der Waals surface area contributed by atoms with Crippen molar-refractivity contribution >= 4 is 17.5 Å². The van der Waals surface area contributed by atoms with Crippen molar-refractivity contribution in [1.82, 2.24) is 4.90 Å². The molecule has 2 aromatic carbocycles. The minimum absolute atomic E-state index is 0.0330. The summed E-state index contributed by atoms with van der Waals surface area (Å²) in [4.78, 5) is 27.1. The number of rotatable bonds is 5. The van der Waals surface area contributed by atoms with Gasteiger partial charge in [0.15, 0.2) is 0 Å². The van der Waals surface area contributed by atoms with Gasteiger partial charge in [0.05, 0.1) is 5.92 Å². The van der Waals surface area contributed by atoms with Crippen LogP contribution in [0.5, 0.6) is 5.75 Å². The van der Waals surface area contributed by atoms with E-state index in [0.717, 1.165) is 36.4 Å². The van der Waals surface area contributed by atoms with Crippen LogP contribution in [0.2, 0.25) is 0 Å². The molecule has 2 aromatic rings. The summed E-state index contributed by atoms with van der Waals surface area (Å²) in [5.41, 5.74) is 1.42. The lowest BCUT2D eigenvalue weighted by Gasteiger charge is -2.35. The number of hydrogen-bond donors (Lipinski definition) is 1. The molecule has 3 rings (SSSR count). The number of ether oxygens (including phenoxy) is 1. The third-order valence-corrected chi connectivity index (χ3v) is 5.09. The summed E-state index contributed by atoms with van der Waals surface area (Å²) in [6, 6.07) is 17.4. The minimum atomic E-state index is -0.423. The number of likely N-dealkylation sites (tertiary alicyclic amines) is 1. The molecular weight excluding hydrogens is 364 g/mol. The van der Waals surface area contributed by atoms with Gasteiger partial charge < -0.3 is 15.0 Å². The fraction of sp³-hybridized carbons (Fsp3) is 0.417. The van der Waals surface area contributed by atoms with Crippen LogP contribution in [-0.4, -0.2) is 29.8 Å². The van der Waals surface area contributed by atoms with E-state index in [1.54, 1.807) is 0 Å². The molecule has 1 heterocycles. The topological polar surface area (TPSA) is 58.6 Å². The lowest BCUT2D eigenvalue weighted by molar-refractivity contribution is -0.142. The molecule has 1 atom stereocenters. The maximum absolute atomic E-state index is 12.7. The fourth-order valence-corrected chi connectivity index (χ4v) is 3.47. The molecule has 1 aliphatic heterocycles. The van der Waals surface area contributed by atoms with E-state index >= 15 is 0 Å². The molecule has 0 radical (unpaired) electrons. The highest BCUT2D eigenvalue weighted by molar-refractivity contribution is 5.93. The van der Waals surface area contributed by atoms with Crippen molar-refractivity contribution < 1.29 is 14.3 Å². The van der Waals surface area contributed by atoms with Gasteiger partial charge in [-0.2, -0.15) is 0 Å². The Bertz CT molecular complexity index is 825. The number of nitrogens with zero attached hydrogens (tertiary/aromatic N) is 1. The Morgan fingerprint density at radius 3 is 2.41 bits per heavy atom. The van der Waals surface area contributed by atoms with Gasteiger partial charge in [-0.05, 0) is 42.7 Å². The first-order chi connectivity index (χ1) is 13.8. The third-order valence-electron chi connectivity index (χ3n) is 5.09. The SMILES string of the molecule is CC(C)(C)C(=O)N1CCCC(C(=O)Nc2ccc(OCc3ccccc3)cc2)C1.